The minimum absolute atomic E-state index is 0.643. The maximum Gasteiger partial charge on any atom is 0.431 e. The number of esters is 1. The van der Waals surface area contributed by atoms with Crippen LogP contribution in [0.15, 0.2) is 12.2 Å². The van der Waals surface area contributed by atoms with Crippen molar-refractivity contribution in [1.29, 1.82) is 0 Å². The van der Waals surface area contributed by atoms with E-state index in [-0.39, 0.29) is 0 Å². The number of rotatable bonds is 3. The Balaban J connectivity index is 5.30. The summed E-state index contributed by atoms with van der Waals surface area (Å²) < 4.78 is 40.9. The molecule has 0 aromatic heterocycles. The fourth-order valence-electron chi connectivity index (χ4n) is 0.881. The Labute approximate surface area is 84.0 Å². The van der Waals surface area contributed by atoms with Gasteiger partial charge in [0.25, 0.3) is 5.60 Å². The van der Waals surface area contributed by atoms with E-state index in [0.717, 1.165) is 6.08 Å². The molecule has 0 rings (SSSR count). The molecule has 0 spiro atoms. The molecule has 0 saturated carbocycles. The molecule has 0 saturated heterocycles. The number of aliphatic hydroxyl groups excluding tert-OH is 1. The van der Waals surface area contributed by atoms with E-state index in [4.69, 9.17) is 10.2 Å². The second kappa shape index (κ2) is 4.63. The Kier molecular flexibility index (Phi) is 4.29. The Morgan fingerprint density at radius 3 is 2.20 bits per heavy atom. The number of allylic oxidation sites excluding steroid dienone is 1. The van der Waals surface area contributed by atoms with Gasteiger partial charge in [0.15, 0.2) is 0 Å². The molecule has 2 atom stereocenters. The summed E-state index contributed by atoms with van der Waals surface area (Å²) in [5, 5.41) is 18.2. The van der Waals surface area contributed by atoms with E-state index >= 15 is 0 Å². The third-order valence-electron chi connectivity index (χ3n) is 1.73. The molecule has 7 heteroatoms. The first kappa shape index (κ1) is 13.9. The second-order valence-corrected chi connectivity index (χ2v) is 2.73. The van der Waals surface area contributed by atoms with Crippen molar-refractivity contribution in [2.75, 3.05) is 7.11 Å². The Morgan fingerprint density at radius 2 is 1.93 bits per heavy atom. The van der Waals surface area contributed by atoms with Gasteiger partial charge in [-0.3, -0.25) is 0 Å². The van der Waals surface area contributed by atoms with Crippen molar-refractivity contribution in [3.8, 4) is 0 Å². The molecule has 0 aromatic rings. The van der Waals surface area contributed by atoms with Crippen LogP contribution in [0.4, 0.5) is 13.2 Å². The van der Waals surface area contributed by atoms with E-state index in [1.807, 2.05) is 0 Å². The zero-order chi connectivity index (χ0) is 12.3. The van der Waals surface area contributed by atoms with Crippen molar-refractivity contribution < 1.29 is 32.9 Å². The van der Waals surface area contributed by atoms with Crippen LogP contribution >= 0.6 is 0 Å². The molecule has 0 aliphatic heterocycles. The van der Waals surface area contributed by atoms with Gasteiger partial charge in [-0.1, -0.05) is 12.2 Å². The van der Waals surface area contributed by atoms with Crippen LogP contribution < -0.4 is 0 Å². The van der Waals surface area contributed by atoms with Crippen LogP contribution in [0.3, 0.4) is 0 Å². The Bertz CT molecular complexity index is 261. The minimum atomic E-state index is -5.32. The van der Waals surface area contributed by atoms with Crippen molar-refractivity contribution in [1.82, 2.24) is 0 Å². The zero-order valence-corrected chi connectivity index (χ0v) is 8.08. The van der Waals surface area contributed by atoms with Gasteiger partial charge in [-0.25, -0.2) is 4.79 Å². The monoisotopic (exact) mass is 228 g/mol. The van der Waals surface area contributed by atoms with Crippen molar-refractivity contribution in [2.45, 2.75) is 24.8 Å². The number of carbonyl (C=O) groups excluding carboxylic acids is 1. The smallest absolute Gasteiger partial charge is 0.431 e. The van der Waals surface area contributed by atoms with Crippen molar-refractivity contribution in [2.24, 2.45) is 0 Å². The molecule has 0 aliphatic rings. The zero-order valence-electron chi connectivity index (χ0n) is 8.08. The number of alkyl halides is 3. The molecular weight excluding hydrogens is 217 g/mol. The van der Waals surface area contributed by atoms with E-state index in [9.17, 15) is 18.0 Å². The van der Waals surface area contributed by atoms with Gasteiger partial charge in [0.2, 0.25) is 0 Å². The largest absolute Gasteiger partial charge is 0.467 e. The van der Waals surface area contributed by atoms with E-state index in [0.29, 0.717) is 13.2 Å². The summed E-state index contributed by atoms with van der Waals surface area (Å²) >= 11 is 0. The highest BCUT2D eigenvalue weighted by molar-refractivity contribution is 5.81. The van der Waals surface area contributed by atoms with Crippen LogP contribution in [0, 0.1) is 0 Å². The molecule has 0 aliphatic carbocycles. The van der Waals surface area contributed by atoms with Gasteiger partial charge < -0.3 is 14.9 Å². The van der Waals surface area contributed by atoms with Crippen LogP contribution in [-0.2, 0) is 9.53 Å². The molecule has 88 valence electrons. The van der Waals surface area contributed by atoms with E-state index in [2.05, 4.69) is 4.74 Å². The molecule has 0 aromatic carbocycles. The molecule has 2 unspecified atom stereocenters. The molecule has 0 radical (unpaired) electrons. The highest BCUT2D eigenvalue weighted by Crippen LogP contribution is 2.34. The molecule has 0 bridgehead atoms. The number of carbonyl (C=O) groups is 1. The fraction of sp³-hybridized carbons (Fsp3) is 0.625. The van der Waals surface area contributed by atoms with Gasteiger partial charge in [0, 0.05) is 0 Å². The molecule has 4 nitrogen and oxygen atoms in total. The fourth-order valence-corrected chi connectivity index (χ4v) is 0.881. The van der Waals surface area contributed by atoms with E-state index in [1.165, 1.54) is 6.92 Å². The lowest BCUT2D eigenvalue weighted by molar-refractivity contribution is -0.280. The van der Waals surface area contributed by atoms with Gasteiger partial charge in [0.1, 0.15) is 6.10 Å². The normalized spacial score (nSPS) is 18.6. The molecule has 2 N–H and O–H groups in total. The number of aliphatic hydroxyl groups is 2. The number of hydrogen-bond acceptors (Lipinski definition) is 4. The summed E-state index contributed by atoms with van der Waals surface area (Å²) in [7, 11) is 0.682. The van der Waals surface area contributed by atoms with Crippen LogP contribution in [0.1, 0.15) is 6.92 Å². The van der Waals surface area contributed by atoms with Crippen LogP contribution in [0.5, 0.6) is 0 Å². The highest BCUT2D eigenvalue weighted by atomic mass is 19.4. The summed E-state index contributed by atoms with van der Waals surface area (Å²) in [6.07, 6.45) is -6.01. The summed E-state index contributed by atoms with van der Waals surface area (Å²) in [6.45, 7) is 1.33. The van der Waals surface area contributed by atoms with Crippen LogP contribution in [0.25, 0.3) is 0 Å². The lowest BCUT2D eigenvalue weighted by Crippen LogP contribution is -2.60. The molecule has 0 amide bonds. The van der Waals surface area contributed by atoms with Gasteiger partial charge in [-0.2, -0.15) is 13.2 Å². The predicted molar refractivity (Wildman–Crippen MR) is 43.8 cm³/mol. The third-order valence-corrected chi connectivity index (χ3v) is 1.73. The molecule has 0 fully saturated rings. The average molecular weight is 228 g/mol. The first-order valence-corrected chi connectivity index (χ1v) is 3.90. The van der Waals surface area contributed by atoms with Crippen molar-refractivity contribution >= 4 is 5.97 Å². The van der Waals surface area contributed by atoms with Gasteiger partial charge in [-0.15, -0.1) is 0 Å². The van der Waals surface area contributed by atoms with Crippen molar-refractivity contribution in [3.05, 3.63) is 12.2 Å². The summed E-state index contributed by atoms with van der Waals surface area (Å²) in [5.41, 5.74) is -3.94. The van der Waals surface area contributed by atoms with E-state index in [1.54, 1.807) is 0 Å². The number of hydrogen-bond donors (Lipinski definition) is 2. The number of ether oxygens (including phenoxy) is 1. The summed E-state index contributed by atoms with van der Waals surface area (Å²) in [4.78, 5) is 10.8. The lowest BCUT2D eigenvalue weighted by atomic mass is 9.95. The minimum Gasteiger partial charge on any atom is -0.467 e. The van der Waals surface area contributed by atoms with Crippen LogP contribution in [0.2, 0.25) is 0 Å². The quantitative estimate of drug-likeness (QED) is 0.541. The first-order valence-electron chi connectivity index (χ1n) is 3.90. The maximum absolute atomic E-state index is 12.4. The standard InChI is InChI=1S/C8H11F3O4/c1-3-4-5(12)7(14,6(13)15-2)8(9,10)11/h3-5,12,14H,1-2H3/b4-3+. The maximum atomic E-state index is 12.4. The third kappa shape index (κ3) is 2.48. The van der Waals surface area contributed by atoms with Gasteiger partial charge in [-0.05, 0) is 6.92 Å². The highest BCUT2D eigenvalue weighted by Gasteiger charge is 2.64. The molecular formula is C8H11F3O4. The first-order chi connectivity index (χ1) is 6.71. The van der Waals surface area contributed by atoms with E-state index < -0.39 is 23.9 Å². The molecule has 0 heterocycles. The second-order valence-electron chi connectivity index (χ2n) is 2.73. The van der Waals surface area contributed by atoms with Crippen molar-refractivity contribution in [3.63, 3.8) is 0 Å². The topological polar surface area (TPSA) is 66.8 Å². The lowest BCUT2D eigenvalue weighted by Gasteiger charge is -2.30. The van der Waals surface area contributed by atoms with Crippen LogP contribution in [-0.4, -0.2) is 41.2 Å². The summed E-state index contributed by atoms with van der Waals surface area (Å²) in [5.74, 6) is -1.96. The average Bonchev–Trinajstić information content (AvgIpc) is 2.13. The molecule has 15 heavy (non-hydrogen) atoms. The predicted octanol–water partition coefficient (Wildman–Crippen LogP) is 0.390. The number of halogens is 3. The summed E-state index contributed by atoms with van der Waals surface area (Å²) in [6, 6.07) is 0. The SMILES string of the molecule is C/C=C/C(O)C(O)(C(=O)OC)C(F)(F)F. The number of methoxy groups -OCH3 is 1. The Morgan fingerprint density at radius 1 is 1.47 bits per heavy atom. The van der Waals surface area contributed by atoms with Gasteiger partial charge >= 0.3 is 12.1 Å². The van der Waals surface area contributed by atoms with Gasteiger partial charge in [0.05, 0.1) is 7.11 Å². The Hall–Kier alpha value is -1.08.